The van der Waals surface area contributed by atoms with E-state index >= 15 is 0 Å². The molecule has 0 radical (unpaired) electrons. The average Bonchev–Trinajstić information content (AvgIpc) is 3.27. The average molecular weight is 276 g/mol. The molecule has 2 unspecified atom stereocenters. The van der Waals surface area contributed by atoms with E-state index in [0.717, 1.165) is 23.4 Å². The van der Waals surface area contributed by atoms with Crippen molar-refractivity contribution in [2.75, 3.05) is 6.54 Å². The molecule has 1 fully saturated rings. The van der Waals surface area contributed by atoms with Crippen LogP contribution in [-0.4, -0.2) is 6.54 Å². The van der Waals surface area contributed by atoms with Gasteiger partial charge in [-0.15, -0.1) is 0 Å². The summed E-state index contributed by atoms with van der Waals surface area (Å²) in [4.78, 5) is 0. The van der Waals surface area contributed by atoms with Crippen molar-refractivity contribution in [3.05, 3.63) is 47.0 Å². The zero-order valence-electron chi connectivity index (χ0n) is 11.3. The molecule has 0 saturated heterocycles. The molecule has 2 aliphatic rings. The second kappa shape index (κ2) is 6.11. The van der Waals surface area contributed by atoms with Crippen molar-refractivity contribution in [1.82, 2.24) is 5.32 Å². The molecule has 1 saturated carbocycles. The van der Waals surface area contributed by atoms with Gasteiger partial charge in [0.05, 0.1) is 0 Å². The van der Waals surface area contributed by atoms with Crippen LogP contribution in [0, 0.1) is 11.8 Å². The van der Waals surface area contributed by atoms with Crippen molar-refractivity contribution >= 4 is 11.6 Å². The van der Waals surface area contributed by atoms with E-state index in [2.05, 4.69) is 29.6 Å². The van der Waals surface area contributed by atoms with E-state index in [4.69, 9.17) is 11.6 Å². The molecular weight excluding hydrogens is 254 g/mol. The van der Waals surface area contributed by atoms with Gasteiger partial charge in [0.2, 0.25) is 0 Å². The molecule has 2 aliphatic carbocycles. The van der Waals surface area contributed by atoms with Crippen molar-refractivity contribution in [3.63, 3.8) is 0 Å². The maximum Gasteiger partial charge on any atom is 0.0406 e. The molecule has 3 rings (SSSR count). The van der Waals surface area contributed by atoms with Gasteiger partial charge in [-0.2, -0.15) is 0 Å². The molecule has 0 heterocycles. The number of allylic oxidation sites excluding steroid dienone is 2. The lowest BCUT2D eigenvalue weighted by Gasteiger charge is -2.24. The Morgan fingerprint density at radius 3 is 2.53 bits per heavy atom. The van der Waals surface area contributed by atoms with Crippen LogP contribution in [0.15, 0.2) is 36.4 Å². The number of hydrogen-bond acceptors (Lipinski definition) is 1. The first-order valence-corrected chi connectivity index (χ1v) is 7.84. The van der Waals surface area contributed by atoms with Crippen molar-refractivity contribution in [2.24, 2.45) is 11.8 Å². The molecule has 0 aromatic heterocycles. The van der Waals surface area contributed by atoms with E-state index < -0.39 is 0 Å². The van der Waals surface area contributed by atoms with Crippen LogP contribution in [0.3, 0.4) is 0 Å². The molecule has 102 valence electrons. The first-order valence-electron chi connectivity index (χ1n) is 7.47. The Morgan fingerprint density at radius 2 is 1.89 bits per heavy atom. The molecule has 0 bridgehead atoms. The van der Waals surface area contributed by atoms with Gasteiger partial charge in [0.1, 0.15) is 0 Å². The van der Waals surface area contributed by atoms with E-state index in [-0.39, 0.29) is 0 Å². The van der Waals surface area contributed by atoms with Crippen LogP contribution in [-0.2, 0) is 0 Å². The zero-order valence-corrected chi connectivity index (χ0v) is 12.1. The lowest BCUT2D eigenvalue weighted by Crippen LogP contribution is -2.29. The van der Waals surface area contributed by atoms with Gasteiger partial charge in [-0.3, -0.25) is 0 Å². The molecule has 1 aromatic rings. The van der Waals surface area contributed by atoms with Gasteiger partial charge in [0.25, 0.3) is 0 Å². The molecule has 0 spiro atoms. The Balaban J connectivity index is 1.61. The minimum absolute atomic E-state index is 0.531. The minimum Gasteiger partial charge on any atom is -0.309 e. The number of hydrogen-bond donors (Lipinski definition) is 1. The summed E-state index contributed by atoms with van der Waals surface area (Å²) in [5.74, 6) is 1.65. The van der Waals surface area contributed by atoms with Gasteiger partial charge in [0, 0.05) is 11.1 Å². The van der Waals surface area contributed by atoms with Gasteiger partial charge in [-0.25, -0.2) is 0 Å². The van der Waals surface area contributed by atoms with Crippen LogP contribution in [0.5, 0.6) is 0 Å². The first-order chi connectivity index (χ1) is 9.33. The van der Waals surface area contributed by atoms with Crippen LogP contribution in [0.2, 0.25) is 5.02 Å². The Labute approximate surface area is 121 Å². The number of halogens is 1. The highest BCUT2D eigenvalue weighted by molar-refractivity contribution is 6.30. The Kier molecular flexibility index (Phi) is 4.24. The summed E-state index contributed by atoms with van der Waals surface area (Å²) in [5, 5.41) is 4.64. The standard InChI is InChI=1S/C17H22ClN/c18-16-10-8-15(9-11-16)17(14-6-7-14)19-12-13-4-2-1-3-5-13/h1-2,8-11,13-14,17,19H,3-7,12H2. The summed E-state index contributed by atoms with van der Waals surface area (Å²) < 4.78 is 0. The van der Waals surface area contributed by atoms with Crippen molar-refractivity contribution in [3.8, 4) is 0 Å². The highest BCUT2D eigenvalue weighted by Crippen LogP contribution is 2.41. The van der Waals surface area contributed by atoms with Crippen LogP contribution in [0.1, 0.15) is 43.7 Å². The molecule has 1 N–H and O–H groups in total. The molecular formula is C17H22ClN. The molecule has 2 heteroatoms. The third kappa shape index (κ3) is 3.61. The summed E-state index contributed by atoms with van der Waals surface area (Å²) in [6.07, 6.45) is 11.2. The molecule has 19 heavy (non-hydrogen) atoms. The second-order valence-corrected chi connectivity index (χ2v) is 6.36. The van der Waals surface area contributed by atoms with Crippen molar-refractivity contribution in [1.29, 1.82) is 0 Å². The number of benzene rings is 1. The minimum atomic E-state index is 0.531. The normalized spacial score (nSPS) is 24.4. The molecule has 2 atom stereocenters. The first kappa shape index (κ1) is 13.2. The second-order valence-electron chi connectivity index (χ2n) is 5.93. The van der Waals surface area contributed by atoms with Gasteiger partial charge >= 0.3 is 0 Å². The molecule has 0 amide bonds. The third-order valence-corrected chi connectivity index (χ3v) is 4.58. The van der Waals surface area contributed by atoms with Gasteiger partial charge in [0.15, 0.2) is 0 Å². The van der Waals surface area contributed by atoms with Gasteiger partial charge in [-0.1, -0.05) is 35.9 Å². The van der Waals surface area contributed by atoms with E-state index in [9.17, 15) is 0 Å². The maximum atomic E-state index is 5.98. The lowest BCUT2D eigenvalue weighted by atomic mass is 9.93. The summed E-state index contributed by atoms with van der Waals surface area (Å²) in [6.45, 7) is 1.15. The van der Waals surface area contributed by atoms with E-state index in [1.807, 2.05) is 12.1 Å². The zero-order chi connectivity index (χ0) is 13.1. The highest BCUT2D eigenvalue weighted by atomic mass is 35.5. The van der Waals surface area contributed by atoms with Crippen molar-refractivity contribution in [2.45, 2.75) is 38.1 Å². The van der Waals surface area contributed by atoms with Gasteiger partial charge in [-0.05, 0) is 68.2 Å². The summed E-state index contributed by atoms with van der Waals surface area (Å²) in [6, 6.07) is 8.91. The Hall–Kier alpha value is -0.790. The van der Waals surface area contributed by atoms with Crippen molar-refractivity contribution < 1.29 is 0 Å². The third-order valence-electron chi connectivity index (χ3n) is 4.33. The molecule has 1 nitrogen and oxygen atoms in total. The molecule has 0 aliphatic heterocycles. The smallest absolute Gasteiger partial charge is 0.0406 e. The SMILES string of the molecule is Clc1ccc(C(NCC2CC=CCC2)C2CC2)cc1. The monoisotopic (exact) mass is 275 g/mol. The topological polar surface area (TPSA) is 12.0 Å². The van der Waals surface area contributed by atoms with Crippen LogP contribution < -0.4 is 5.32 Å². The number of rotatable bonds is 5. The lowest BCUT2D eigenvalue weighted by molar-refractivity contribution is 0.387. The number of nitrogens with one attached hydrogen (secondary N) is 1. The van der Waals surface area contributed by atoms with Gasteiger partial charge < -0.3 is 5.32 Å². The fourth-order valence-corrected chi connectivity index (χ4v) is 3.12. The maximum absolute atomic E-state index is 5.98. The largest absolute Gasteiger partial charge is 0.309 e. The van der Waals surface area contributed by atoms with E-state index in [1.165, 1.54) is 37.7 Å². The Morgan fingerprint density at radius 1 is 1.11 bits per heavy atom. The summed E-state index contributed by atoms with van der Waals surface area (Å²) >= 11 is 5.98. The highest BCUT2D eigenvalue weighted by Gasteiger charge is 2.32. The predicted molar refractivity (Wildman–Crippen MR) is 81.4 cm³/mol. The van der Waals surface area contributed by atoms with E-state index in [1.54, 1.807) is 0 Å². The fourth-order valence-electron chi connectivity index (χ4n) is 2.99. The predicted octanol–water partition coefficient (Wildman–Crippen LogP) is 4.74. The van der Waals surface area contributed by atoms with Crippen LogP contribution in [0.25, 0.3) is 0 Å². The quantitative estimate of drug-likeness (QED) is 0.766. The van der Waals surface area contributed by atoms with E-state index in [0.29, 0.717) is 6.04 Å². The van der Waals surface area contributed by atoms with Crippen LogP contribution >= 0.6 is 11.6 Å². The molecule has 1 aromatic carbocycles. The van der Waals surface area contributed by atoms with Crippen LogP contribution in [0.4, 0.5) is 0 Å². The fraction of sp³-hybridized carbons (Fsp3) is 0.529. The Bertz CT molecular complexity index is 433. The summed E-state index contributed by atoms with van der Waals surface area (Å²) in [7, 11) is 0. The summed E-state index contributed by atoms with van der Waals surface area (Å²) in [5.41, 5.74) is 1.40.